The van der Waals surface area contributed by atoms with Crippen LogP contribution in [0, 0.1) is 11.8 Å². The van der Waals surface area contributed by atoms with E-state index in [9.17, 15) is 9.59 Å². The topological polar surface area (TPSA) is 103 Å². The fraction of sp³-hybridized carbons (Fsp3) is 0.810. The molecule has 1 spiro atoms. The van der Waals surface area contributed by atoms with Crippen LogP contribution in [0.2, 0.25) is 0 Å². The summed E-state index contributed by atoms with van der Waals surface area (Å²) in [5, 5.41) is 2.55. The predicted octanol–water partition coefficient (Wildman–Crippen LogP) is 2.92. The minimum Gasteiger partial charge on any atom is -0.443 e. The van der Waals surface area contributed by atoms with Crippen LogP contribution >= 0.6 is 0 Å². The first-order chi connectivity index (χ1) is 13.2. The van der Waals surface area contributed by atoms with Crippen LogP contribution in [0.3, 0.4) is 0 Å². The van der Waals surface area contributed by atoms with E-state index < -0.39 is 24.1 Å². The Morgan fingerprint density at radius 2 is 2.07 bits per heavy atom. The number of methoxy groups -OCH3 is 1. The highest BCUT2D eigenvalue weighted by atomic mass is 16.6. The number of carbonyl (C=O) groups is 2. The molecule has 1 heterocycles. The highest BCUT2D eigenvalue weighted by Gasteiger charge is 2.59. The Morgan fingerprint density at radius 1 is 1.39 bits per heavy atom. The van der Waals surface area contributed by atoms with E-state index in [2.05, 4.69) is 32.2 Å². The van der Waals surface area contributed by atoms with E-state index in [1.165, 1.54) is 5.57 Å². The maximum absolute atomic E-state index is 12.3. The fourth-order valence-corrected chi connectivity index (χ4v) is 4.18. The molecule has 0 bridgehead atoms. The van der Waals surface area contributed by atoms with Crippen LogP contribution in [-0.2, 0) is 19.0 Å². The molecule has 1 aliphatic heterocycles. The molecule has 2 aliphatic rings. The van der Waals surface area contributed by atoms with Crippen LogP contribution in [0.5, 0.6) is 0 Å². The van der Waals surface area contributed by atoms with E-state index in [-0.39, 0.29) is 17.6 Å². The maximum atomic E-state index is 12.3. The summed E-state index contributed by atoms with van der Waals surface area (Å²) in [7, 11) is 1.65. The predicted molar refractivity (Wildman–Crippen MR) is 107 cm³/mol. The van der Waals surface area contributed by atoms with Crippen LogP contribution in [0.4, 0.5) is 4.79 Å². The normalized spacial score (nSPS) is 30.9. The van der Waals surface area contributed by atoms with Crippen molar-refractivity contribution >= 4 is 12.0 Å². The van der Waals surface area contributed by atoms with Crippen molar-refractivity contribution in [1.82, 2.24) is 5.32 Å². The lowest BCUT2D eigenvalue weighted by atomic mass is 9.72. The second-order valence-corrected chi connectivity index (χ2v) is 8.44. The van der Waals surface area contributed by atoms with Crippen LogP contribution in [0.1, 0.15) is 59.8 Å². The molecule has 2 amide bonds. The van der Waals surface area contributed by atoms with Gasteiger partial charge in [-0.2, -0.15) is 0 Å². The number of rotatable bonds is 9. The van der Waals surface area contributed by atoms with Crippen molar-refractivity contribution in [2.75, 3.05) is 13.7 Å². The molecule has 160 valence electrons. The molecular weight excluding hydrogens is 360 g/mol. The van der Waals surface area contributed by atoms with Crippen molar-refractivity contribution in [3.05, 3.63) is 11.6 Å². The number of allylic oxidation sites excluding steroid dienone is 1. The number of epoxide rings is 1. The van der Waals surface area contributed by atoms with Crippen molar-refractivity contribution < 1.29 is 23.8 Å². The Balaban J connectivity index is 2.08. The number of ether oxygens (including phenoxy) is 3. The average molecular weight is 397 g/mol. The van der Waals surface area contributed by atoms with Crippen molar-refractivity contribution in [2.45, 2.75) is 83.6 Å². The standard InChI is InChI=1S/C21H36N2O5/c1-6-15(19(22)24)23-20(25)28-16-10-11-21(12-27-21)17(18(16)26-5)14(4)9-7-8-13(2)3/h9,13,15-18H,6-8,10-12H2,1-5H3,(H2,22,24)(H,23,25)/b14-9+/t15-,16-,17?,18-,21+/m1/s1. The number of amides is 2. The van der Waals surface area contributed by atoms with E-state index in [1.54, 1.807) is 14.0 Å². The van der Waals surface area contributed by atoms with Crippen LogP contribution < -0.4 is 11.1 Å². The Hall–Kier alpha value is -1.60. The first-order valence-electron chi connectivity index (χ1n) is 10.3. The van der Waals surface area contributed by atoms with Gasteiger partial charge in [0.15, 0.2) is 0 Å². The number of hydrogen-bond acceptors (Lipinski definition) is 5. The molecule has 0 aromatic rings. The average Bonchev–Trinajstić information content (AvgIpc) is 3.40. The molecule has 1 aliphatic carbocycles. The third-order valence-corrected chi connectivity index (χ3v) is 5.90. The molecule has 3 N–H and O–H groups in total. The molecule has 1 saturated carbocycles. The summed E-state index contributed by atoms with van der Waals surface area (Å²) in [6, 6.07) is -0.733. The number of nitrogens with one attached hydrogen (secondary N) is 1. The van der Waals surface area contributed by atoms with Crippen molar-refractivity contribution in [1.29, 1.82) is 0 Å². The maximum Gasteiger partial charge on any atom is 0.408 e. The molecule has 0 radical (unpaired) electrons. The molecule has 2 rings (SSSR count). The van der Waals surface area contributed by atoms with Gasteiger partial charge in [0.1, 0.15) is 23.9 Å². The lowest BCUT2D eigenvalue weighted by Crippen LogP contribution is -2.52. The first-order valence-corrected chi connectivity index (χ1v) is 10.3. The Morgan fingerprint density at radius 3 is 2.57 bits per heavy atom. The molecule has 28 heavy (non-hydrogen) atoms. The largest absolute Gasteiger partial charge is 0.443 e. The van der Waals surface area contributed by atoms with Crippen LogP contribution in [0.25, 0.3) is 0 Å². The molecule has 2 fully saturated rings. The first kappa shape index (κ1) is 22.7. The molecule has 1 unspecified atom stereocenters. The zero-order valence-corrected chi connectivity index (χ0v) is 17.8. The van der Waals surface area contributed by atoms with Crippen molar-refractivity contribution in [3.8, 4) is 0 Å². The monoisotopic (exact) mass is 396 g/mol. The van der Waals surface area contributed by atoms with E-state index in [4.69, 9.17) is 19.9 Å². The second kappa shape index (κ2) is 9.74. The number of alkyl carbamates (subject to hydrolysis) is 1. The van der Waals surface area contributed by atoms with Crippen molar-refractivity contribution in [2.24, 2.45) is 17.6 Å². The zero-order valence-electron chi connectivity index (χ0n) is 17.8. The number of nitrogens with two attached hydrogens (primary N) is 1. The lowest BCUT2D eigenvalue weighted by Gasteiger charge is -2.41. The lowest BCUT2D eigenvalue weighted by molar-refractivity contribution is -0.120. The third kappa shape index (κ3) is 5.47. The van der Waals surface area contributed by atoms with Gasteiger partial charge in [-0.1, -0.05) is 32.4 Å². The second-order valence-electron chi connectivity index (χ2n) is 8.44. The summed E-state index contributed by atoms with van der Waals surface area (Å²) in [4.78, 5) is 23.7. The van der Waals surface area contributed by atoms with Crippen molar-refractivity contribution in [3.63, 3.8) is 0 Å². The molecule has 0 aromatic carbocycles. The van der Waals surface area contributed by atoms with E-state index >= 15 is 0 Å². The molecule has 0 aromatic heterocycles. The van der Waals surface area contributed by atoms with Gasteiger partial charge in [-0.05, 0) is 44.9 Å². The summed E-state index contributed by atoms with van der Waals surface area (Å²) < 4.78 is 17.3. The molecule has 7 heteroatoms. The molecule has 5 atom stereocenters. The minimum atomic E-state index is -0.733. The highest BCUT2D eigenvalue weighted by molar-refractivity contribution is 5.84. The van der Waals surface area contributed by atoms with Gasteiger partial charge in [0, 0.05) is 13.0 Å². The van der Waals surface area contributed by atoms with Gasteiger partial charge in [0.05, 0.1) is 6.61 Å². The zero-order chi connectivity index (χ0) is 20.9. The number of carbonyl (C=O) groups excluding carboxylic acids is 2. The Kier molecular flexibility index (Phi) is 7.89. The summed E-state index contributed by atoms with van der Waals surface area (Å²) in [5.74, 6) is 0.129. The Labute approximate surface area is 168 Å². The van der Waals surface area contributed by atoms with Crippen LogP contribution in [0.15, 0.2) is 11.6 Å². The molecular formula is C21H36N2O5. The van der Waals surface area contributed by atoms with E-state index in [1.807, 2.05) is 0 Å². The smallest absolute Gasteiger partial charge is 0.408 e. The van der Waals surface area contributed by atoms with E-state index in [0.29, 0.717) is 25.4 Å². The number of hydrogen-bond donors (Lipinski definition) is 2. The van der Waals surface area contributed by atoms with Gasteiger partial charge < -0.3 is 25.3 Å². The van der Waals surface area contributed by atoms with Crippen LogP contribution in [-0.4, -0.2) is 49.6 Å². The third-order valence-electron chi connectivity index (χ3n) is 5.90. The van der Waals surface area contributed by atoms with Gasteiger partial charge in [-0.15, -0.1) is 0 Å². The van der Waals surface area contributed by atoms with E-state index in [0.717, 1.165) is 19.3 Å². The van der Waals surface area contributed by atoms with Gasteiger partial charge in [0.25, 0.3) is 0 Å². The highest BCUT2D eigenvalue weighted by Crippen LogP contribution is 2.50. The SMILES string of the molecule is CC[C@@H](NC(=O)O[C@@H]1CC[C@]2(CO2)C(/C(C)=C/CCC(C)C)[C@@H]1OC)C(N)=O. The summed E-state index contributed by atoms with van der Waals surface area (Å²) in [5.41, 5.74) is 6.32. The van der Waals surface area contributed by atoms with Gasteiger partial charge in [-0.3, -0.25) is 4.79 Å². The Bertz CT molecular complexity index is 585. The molecule has 7 nitrogen and oxygen atoms in total. The quantitative estimate of drug-likeness (QED) is 0.461. The number of primary amides is 1. The van der Waals surface area contributed by atoms with Gasteiger partial charge >= 0.3 is 6.09 Å². The molecule has 1 saturated heterocycles. The van der Waals surface area contributed by atoms with Gasteiger partial charge in [0.2, 0.25) is 5.91 Å². The van der Waals surface area contributed by atoms with Gasteiger partial charge in [-0.25, -0.2) is 4.79 Å². The summed E-state index contributed by atoms with van der Waals surface area (Å²) in [6.45, 7) is 9.04. The summed E-state index contributed by atoms with van der Waals surface area (Å²) in [6.07, 6.45) is 4.98. The summed E-state index contributed by atoms with van der Waals surface area (Å²) >= 11 is 0. The minimum absolute atomic E-state index is 0.0503. The fourth-order valence-electron chi connectivity index (χ4n) is 4.18.